The first-order valence-electron chi connectivity index (χ1n) is 10.1. The molecular formula is C20H20F3N7O. The standard InChI is InChI=1S/C20H20F3N7O/c1-29-15(10-16(27-29)20(21,22)23)19(31)25-13-3-2-8-30-18(13)26-17(28-30)12-6-7-24-14(9-12)11-4-5-11/h6-7,9-11,13H,2-5,8H2,1H3,(H,25,31)/t13-/m1/s1. The van der Waals surface area contributed by atoms with Gasteiger partial charge in [-0.05, 0) is 37.8 Å². The number of alkyl halides is 3. The van der Waals surface area contributed by atoms with E-state index in [0.29, 0.717) is 30.5 Å². The van der Waals surface area contributed by atoms with Crippen LogP contribution in [0, 0.1) is 0 Å². The van der Waals surface area contributed by atoms with Gasteiger partial charge in [-0.25, -0.2) is 9.67 Å². The molecule has 31 heavy (non-hydrogen) atoms. The summed E-state index contributed by atoms with van der Waals surface area (Å²) in [5.74, 6) is 1.02. The Morgan fingerprint density at radius 2 is 2.00 bits per heavy atom. The van der Waals surface area contributed by atoms with E-state index in [1.165, 1.54) is 7.05 Å². The van der Waals surface area contributed by atoms with Gasteiger partial charge in [0.2, 0.25) is 0 Å². The van der Waals surface area contributed by atoms with E-state index in [1.54, 1.807) is 10.9 Å². The van der Waals surface area contributed by atoms with Crippen LogP contribution in [0.4, 0.5) is 13.2 Å². The van der Waals surface area contributed by atoms with Crippen molar-refractivity contribution in [2.75, 3.05) is 0 Å². The van der Waals surface area contributed by atoms with Crippen molar-refractivity contribution in [3.05, 3.63) is 47.3 Å². The van der Waals surface area contributed by atoms with Crippen molar-refractivity contribution in [1.29, 1.82) is 0 Å². The fraction of sp³-hybridized carbons (Fsp3) is 0.450. The molecule has 0 radical (unpaired) electrons. The molecule has 3 aromatic heterocycles. The number of nitrogens with zero attached hydrogens (tertiary/aromatic N) is 6. The van der Waals surface area contributed by atoms with Gasteiger partial charge >= 0.3 is 6.18 Å². The van der Waals surface area contributed by atoms with E-state index in [1.807, 2.05) is 12.1 Å². The van der Waals surface area contributed by atoms with Crippen LogP contribution in [0.15, 0.2) is 24.4 Å². The molecule has 0 bridgehead atoms. The first kappa shape index (κ1) is 19.7. The molecule has 1 N–H and O–H groups in total. The molecule has 11 heteroatoms. The van der Waals surface area contributed by atoms with Gasteiger partial charge in [0.1, 0.15) is 11.5 Å². The van der Waals surface area contributed by atoms with E-state index in [0.717, 1.165) is 41.3 Å². The zero-order valence-electron chi connectivity index (χ0n) is 16.7. The predicted octanol–water partition coefficient (Wildman–Crippen LogP) is 3.23. The van der Waals surface area contributed by atoms with Crippen LogP contribution >= 0.6 is 0 Å². The third-order valence-electron chi connectivity index (χ3n) is 5.62. The van der Waals surface area contributed by atoms with Crippen LogP contribution in [-0.2, 0) is 19.8 Å². The normalized spacial score (nSPS) is 18.6. The molecule has 8 nitrogen and oxygen atoms in total. The van der Waals surface area contributed by atoms with Crippen LogP contribution in [0.1, 0.15) is 65.3 Å². The molecule has 2 aliphatic rings. The van der Waals surface area contributed by atoms with Crippen LogP contribution in [-0.4, -0.2) is 35.4 Å². The predicted molar refractivity (Wildman–Crippen MR) is 103 cm³/mol. The Morgan fingerprint density at radius 3 is 2.71 bits per heavy atom. The van der Waals surface area contributed by atoms with Crippen LogP contribution in [0.25, 0.3) is 11.4 Å². The number of carbonyl (C=O) groups excluding carboxylic acids is 1. The van der Waals surface area contributed by atoms with Gasteiger partial charge in [0.05, 0.1) is 6.04 Å². The minimum absolute atomic E-state index is 0.160. The number of amides is 1. The maximum atomic E-state index is 12.9. The van der Waals surface area contributed by atoms with E-state index in [9.17, 15) is 18.0 Å². The average molecular weight is 431 g/mol. The molecule has 5 rings (SSSR count). The summed E-state index contributed by atoms with van der Waals surface area (Å²) in [7, 11) is 1.31. The monoisotopic (exact) mass is 431 g/mol. The first-order chi connectivity index (χ1) is 14.8. The number of carbonyl (C=O) groups is 1. The molecule has 1 aliphatic carbocycles. The molecular weight excluding hydrogens is 411 g/mol. The van der Waals surface area contributed by atoms with Gasteiger partial charge in [-0.3, -0.25) is 14.5 Å². The fourth-order valence-corrected chi connectivity index (χ4v) is 3.85. The number of aryl methyl sites for hydroxylation is 2. The van der Waals surface area contributed by atoms with E-state index >= 15 is 0 Å². The Bertz CT molecular complexity index is 1150. The highest BCUT2D eigenvalue weighted by atomic mass is 19.4. The largest absolute Gasteiger partial charge is 0.435 e. The number of hydrogen-bond acceptors (Lipinski definition) is 5. The van der Waals surface area contributed by atoms with Crippen molar-refractivity contribution in [2.45, 2.75) is 50.4 Å². The highest BCUT2D eigenvalue weighted by molar-refractivity contribution is 5.93. The van der Waals surface area contributed by atoms with E-state index in [2.05, 4.69) is 25.5 Å². The van der Waals surface area contributed by atoms with Crippen molar-refractivity contribution >= 4 is 5.91 Å². The Morgan fingerprint density at radius 1 is 1.19 bits per heavy atom. The van der Waals surface area contributed by atoms with Crippen molar-refractivity contribution in [3.8, 4) is 11.4 Å². The number of nitrogens with one attached hydrogen (secondary N) is 1. The van der Waals surface area contributed by atoms with Gasteiger partial charge in [0.15, 0.2) is 11.5 Å². The molecule has 0 saturated heterocycles. The first-order valence-corrected chi connectivity index (χ1v) is 10.1. The number of pyridine rings is 1. The number of fused-ring (bicyclic) bond motifs is 1. The fourth-order valence-electron chi connectivity index (χ4n) is 3.85. The van der Waals surface area contributed by atoms with E-state index in [-0.39, 0.29) is 5.69 Å². The second-order valence-electron chi connectivity index (χ2n) is 7.96. The minimum atomic E-state index is -4.61. The minimum Gasteiger partial charge on any atom is -0.341 e. The van der Waals surface area contributed by atoms with E-state index < -0.39 is 23.8 Å². The van der Waals surface area contributed by atoms with Gasteiger partial charge in [0, 0.05) is 43.0 Å². The third-order valence-corrected chi connectivity index (χ3v) is 5.62. The molecule has 0 aromatic carbocycles. The zero-order chi connectivity index (χ0) is 21.8. The Balaban J connectivity index is 1.39. The van der Waals surface area contributed by atoms with Crippen LogP contribution in [0.2, 0.25) is 0 Å². The summed E-state index contributed by atoms with van der Waals surface area (Å²) in [6.07, 6.45) is 0.813. The highest BCUT2D eigenvalue weighted by Gasteiger charge is 2.36. The summed E-state index contributed by atoms with van der Waals surface area (Å²) in [4.78, 5) is 21.7. The molecule has 1 saturated carbocycles. The maximum Gasteiger partial charge on any atom is 0.435 e. The summed E-state index contributed by atoms with van der Waals surface area (Å²) in [6.45, 7) is 0.666. The van der Waals surface area contributed by atoms with Crippen molar-refractivity contribution < 1.29 is 18.0 Å². The van der Waals surface area contributed by atoms with Crippen LogP contribution in [0.3, 0.4) is 0 Å². The second-order valence-corrected chi connectivity index (χ2v) is 7.96. The molecule has 0 unspecified atom stereocenters. The van der Waals surface area contributed by atoms with Gasteiger partial charge in [-0.2, -0.15) is 23.4 Å². The molecule has 1 amide bonds. The van der Waals surface area contributed by atoms with Gasteiger partial charge in [0.25, 0.3) is 5.91 Å². The Hall–Kier alpha value is -3.24. The molecule has 4 heterocycles. The maximum absolute atomic E-state index is 12.9. The average Bonchev–Trinajstić information content (AvgIpc) is 3.35. The van der Waals surface area contributed by atoms with Crippen LogP contribution in [0.5, 0.6) is 0 Å². The number of halogens is 3. The molecule has 1 aliphatic heterocycles. The Kier molecular flexibility index (Phi) is 4.56. The molecule has 3 aromatic rings. The molecule has 1 atom stereocenters. The molecule has 0 spiro atoms. The Labute approximate surface area is 175 Å². The lowest BCUT2D eigenvalue weighted by atomic mass is 10.1. The summed E-state index contributed by atoms with van der Waals surface area (Å²) >= 11 is 0. The number of hydrogen-bond donors (Lipinski definition) is 1. The molecule has 1 fully saturated rings. The summed E-state index contributed by atoms with van der Waals surface area (Å²) in [5, 5.41) is 10.8. The third kappa shape index (κ3) is 3.79. The SMILES string of the molecule is Cn1nc(C(F)(F)F)cc1C(=O)N[C@@H]1CCCn2nc(-c3ccnc(C4CC4)c3)nc21. The lowest BCUT2D eigenvalue weighted by Crippen LogP contribution is -2.34. The van der Waals surface area contributed by atoms with Crippen molar-refractivity contribution in [2.24, 2.45) is 7.05 Å². The van der Waals surface area contributed by atoms with E-state index in [4.69, 9.17) is 0 Å². The highest BCUT2D eigenvalue weighted by Crippen LogP contribution is 2.39. The summed E-state index contributed by atoms with van der Waals surface area (Å²) < 4.78 is 41.4. The summed E-state index contributed by atoms with van der Waals surface area (Å²) in [5.41, 5.74) is 0.642. The number of rotatable bonds is 4. The smallest absolute Gasteiger partial charge is 0.341 e. The zero-order valence-corrected chi connectivity index (χ0v) is 16.7. The lowest BCUT2D eigenvalue weighted by Gasteiger charge is -2.22. The number of aromatic nitrogens is 6. The second kappa shape index (κ2) is 7.17. The lowest BCUT2D eigenvalue weighted by molar-refractivity contribution is -0.141. The van der Waals surface area contributed by atoms with Gasteiger partial charge in [-0.1, -0.05) is 0 Å². The quantitative estimate of drug-likeness (QED) is 0.685. The molecule has 162 valence electrons. The topological polar surface area (TPSA) is 90.5 Å². The van der Waals surface area contributed by atoms with Gasteiger partial charge < -0.3 is 5.32 Å². The van der Waals surface area contributed by atoms with Crippen molar-refractivity contribution in [1.82, 2.24) is 34.8 Å². The van der Waals surface area contributed by atoms with Crippen LogP contribution < -0.4 is 5.32 Å². The summed E-state index contributed by atoms with van der Waals surface area (Å²) in [6, 6.07) is 4.16. The van der Waals surface area contributed by atoms with Crippen molar-refractivity contribution in [3.63, 3.8) is 0 Å². The van der Waals surface area contributed by atoms with Gasteiger partial charge in [-0.15, -0.1) is 0 Å².